The summed E-state index contributed by atoms with van der Waals surface area (Å²) < 4.78 is 18.9. The maximum atomic E-state index is 13.3. The first-order valence-corrected chi connectivity index (χ1v) is 8.78. The highest BCUT2D eigenvalue weighted by Crippen LogP contribution is 2.35. The van der Waals surface area contributed by atoms with Gasteiger partial charge < -0.3 is 15.0 Å². The van der Waals surface area contributed by atoms with Crippen molar-refractivity contribution >= 4 is 23.2 Å². The van der Waals surface area contributed by atoms with Crippen molar-refractivity contribution in [2.75, 3.05) is 16.8 Å². The Morgan fingerprint density at radius 1 is 1.04 bits per heavy atom. The van der Waals surface area contributed by atoms with E-state index in [1.807, 2.05) is 30.3 Å². The molecule has 1 heterocycles. The van der Waals surface area contributed by atoms with Crippen LogP contribution in [0.1, 0.15) is 15.9 Å². The van der Waals surface area contributed by atoms with Crippen LogP contribution in [0.25, 0.3) is 0 Å². The van der Waals surface area contributed by atoms with Gasteiger partial charge in [0.05, 0.1) is 12.2 Å². The number of fused-ring (bicyclic) bond motifs is 1. The van der Waals surface area contributed by atoms with Gasteiger partial charge in [-0.1, -0.05) is 36.4 Å². The molecule has 1 aliphatic rings. The van der Waals surface area contributed by atoms with Gasteiger partial charge in [0.1, 0.15) is 11.6 Å². The molecule has 28 heavy (non-hydrogen) atoms. The molecule has 6 heteroatoms. The Hall–Kier alpha value is -3.67. The molecule has 0 radical (unpaired) electrons. The molecule has 1 N–H and O–H groups in total. The monoisotopic (exact) mass is 376 g/mol. The average Bonchev–Trinajstić information content (AvgIpc) is 2.71. The number of hydrogen-bond donors (Lipinski definition) is 1. The normalized spacial score (nSPS) is 12.9. The van der Waals surface area contributed by atoms with Crippen LogP contribution in [0.5, 0.6) is 5.75 Å². The number of anilines is 2. The lowest BCUT2D eigenvalue weighted by Gasteiger charge is -2.29. The van der Waals surface area contributed by atoms with Crippen LogP contribution in [0, 0.1) is 5.82 Å². The fraction of sp³-hybridized carbons (Fsp3) is 0.0909. The molecule has 4 rings (SSSR count). The van der Waals surface area contributed by atoms with Crippen molar-refractivity contribution in [2.45, 2.75) is 6.54 Å². The number of hydrogen-bond acceptors (Lipinski definition) is 3. The lowest BCUT2D eigenvalue weighted by molar-refractivity contribution is -0.121. The second-order valence-corrected chi connectivity index (χ2v) is 6.40. The Bertz CT molecular complexity index is 1040. The molecule has 5 nitrogen and oxygen atoms in total. The topological polar surface area (TPSA) is 58.6 Å². The first-order valence-electron chi connectivity index (χ1n) is 8.78. The average molecular weight is 376 g/mol. The van der Waals surface area contributed by atoms with Crippen molar-refractivity contribution in [1.82, 2.24) is 0 Å². The van der Waals surface area contributed by atoms with Crippen LogP contribution in [-0.4, -0.2) is 18.4 Å². The summed E-state index contributed by atoms with van der Waals surface area (Å²) in [4.78, 5) is 26.3. The van der Waals surface area contributed by atoms with Crippen LogP contribution in [-0.2, 0) is 11.3 Å². The fourth-order valence-corrected chi connectivity index (χ4v) is 3.05. The van der Waals surface area contributed by atoms with Crippen molar-refractivity contribution in [1.29, 1.82) is 0 Å². The number of carbonyl (C=O) groups is 2. The number of halogens is 1. The van der Waals surface area contributed by atoms with Crippen LogP contribution in [0.3, 0.4) is 0 Å². The standard InChI is InChI=1S/C22H17FN2O3/c23-17-8-4-7-16(11-17)22(27)24-18-9-10-19-20(12-18)28-14-21(26)25(19)13-15-5-2-1-3-6-15/h1-12H,13-14H2,(H,24,27). The lowest BCUT2D eigenvalue weighted by Crippen LogP contribution is -2.38. The number of benzene rings is 3. The summed E-state index contributed by atoms with van der Waals surface area (Å²) in [6, 6.07) is 20.2. The second kappa shape index (κ2) is 7.52. The Morgan fingerprint density at radius 3 is 2.64 bits per heavy atom. The minimum absolute atomic E-state index is 0.0683. The number of nitrogens with zero attached hydrogens (tertiary/aromatic N) is 1. The van der Waals surface area contributed by atoms with Crippen LogP contribution in [0.4, 0.5) is 15.8 Å². The Morgan fingerprint density at radius 2 is 1.86 bits per heavy atom. The number of rotatable bonds is 4. The third-order valence-corrected chi connectivity index (χ3v) is 4.43. The third-order valence-electron chi connectivity index (χ3n) is 4.43. The smallest absolute Gasteiger partial charge is 0.265 e. The molecule has 3 aromatic carbocycles. The van der Waals surface area contributed by atoms with Gasteiger partial charge in [0, 0.05) is 17.3 Å². The summed E-state index contributed by atoms with van der Waals surface area (Å²) in [5.41, 5.74) is 2.37. The van der Waals surface area contributed by atoms with Gasteiger partial charge in [0.2, 0.25) is 0 Å². The number of amides is 2. The van der Waals surface area contributed by atoms with E-state index in [4.69, 9.17) is 4.74 Å². The van der Waals surface area contributed by atoms with Crippen molar-refractivity contribution in [3.8, 4) is 5.75 Å². The first kappa shape index (κ1) is 17.7. The van der Waals surface area contributed by atoms with E-state index in [0.717, 1.165) is 5.56 Å². The molecule has 0 atom stereocenters. The molecular weight excluding hydrogens is 359 g/mol. The fourth-order valence-electron chi connectivity index (χ4n) is 3.05. The third kappa shape index (κ3) is 3.71. The molecule has 0 bridgehead atoms. The molecule has 0 aliphatic carbocycles. The zero-order valence-corrected chi connectivity index (χ0v) is 14.9. The van der Waals surface area contributed by atoms with Crippen molar-refractivity contribution in [2.24, 2.45) is 0 Å². The van der Waals surface area contributed by atoms with Crippen LogP contribution in [0.2, 0.25) is 0 Å². The molecule has 0 aromatic heterocycles. The van der Waals surface area contributed by atoms with Crippen LogP contribution < -0.4 is 15.0 Å². The summed E-state index contributed by atoms with van der Waals surface area (Å²) in [7, 11) is 0. The van der Waals surface area contributed by atoms with Gasteiger partial charge in [-0.15, -0.1) is 0 Å². The van der Waals surface area contributed by atoms with Gasteiger partial charge in [-0.25, -0.2) is 4.39 Å². The highest BCUT2D eigenvalue weighted by Gasteiger charge is 2.26. The predicted molar refractivity (Wildman–Crippen MR) is 104 cm³/mol. The van der Waals surface area contributed by atoms with E-state index in [1.165, 1.54) is 24.3 Å². The van der Waals surface area contributed by atoms with E-state index in [9.17, 15) is 14.0 Å². The molecule has 140 valence electrons. The lowest BCUT2D eigenvalue weighted by atomic mass is 10.1. The van der Waals surface area contributed by atoms with Crippen LogP contribution >= 0.6 is 0 Å². The Labute approximate surface area is 161 Å². The van der Waals surface area contributed by atoms with Gasteiger partial charge in [0.15, 0.2) is 6.61 Å². The van der Waals surface area contributed by atoms with Gasteiger partial charge in [-0.05, 0) is 35.9 Å². The summed E-state index contributed by atoms with van der Waals surface area (Å²) in [6.45, 7) is 0.367. The molecule has 3 aromatic rings. The van der Waals surface area contributed by atoms with E-state index < -0.39 is 11.7 Å². The van der Waals surface area contributed by atoms with Gasteiger partial charge in [-0.2, -0.15) is 0 Å². The van der Waals surface area contributed by atoms with Gasteiger partial charge in [-0.3, -0.25) is 9.59 Å². The van der Waals surface area contributed by atoms with E-state index in [0.29, 0.717) is 23.7 Å². The van der Waals surface area contributed by atoms with Crippen molar-refractivity contribution in [3.05, 3.63) is 89.7 Å². The molecule has 0 unspecified atom stereocenters. The number of carbonyl (C=O) groups excluding carboxylic acids is 2. The van der Waals surface area contributed by atoms with E-state index in [1.54, 1.807) is 23.1 Å². The Kier molecular flexibility index (Phi) is 4.76. The van der Waals surface area contributed by atoms with Crippen LogP contribution in [0.15, 0.2) is 72.8 Å². The maximum absolute atomic E-state index is 13.3. The molecular formula is C22H17FN2O3. The summed E-state index contributed by atoms with van der Waals surface area (Å²) in [6.07, 6.45) is 0. The van der Waals surface area contributed by atoms with Gasteiger partial charge >= 0.3 is 0 Å². The predicted octanol–water partition coefficient (Wildman–Crippen LogP) is 4.00. The molecule has 2 amide bonds. The van der Waals surface area contributed by atoms with E-state index in [2.05, 4.69) is 5.32 Å². The highest BCUT2D eigenvalue weighted by molar-refractivity contribution is 6.05. The zero-order chi connectivity index (χ0) is 19.5. The SMILES string of the molecule is O=C(Nc1ccc2c(c1)OCC(=O)N2Cc1ccccc1)c1cccc(F)c1. The van der Waals surface area contributed by atoms with Crippen molar-refractivity contribution < 1.29 is 18.7 Å². The van der Waals surface area contributed by atoms with E-state index >= 15 is 0 Å². The molecule has 0 saturated heterocycles. The minimum Gasteiger partial charge on any atom is -0.481 e. The minimum atomic E-state index is -0.475. The molecule has 0 saturated carbocycles. The molecule has 0 fully saturated rings. The highest BCUT2D eigenvalue weighted by atomic mass is 19.1. The largest absolute Gasteiger partial charge is 0.481 e. The van der Waals surface area contributed by atoms with Gasteiger partial charge in [0.25, 0.3) is 11.8 Å². The maximum Gasteiger partial charge on any atom is 0.265 e. The summed E-state index contributed by atoms with van der Waals surface area (Å²) in [5, 5.41) is 2.72. The molecule has 0 spiro atoms. The first-order chi connectivity index (χ1) is 13.6. The second-order valence-electron chi connectivity index (χ2n) is 6.40. The van der Waals surface area contributed by atoms with E-state index in [-0.39, 0.29) is 18.1 Å². The summed E-state index contributed by atoms with van der Waals surface area (Å²) in [5.74, 6) is -0.524. The zero-order valence-electron chi connectivity index (χ0n) is 14.9. The summed E-state index contributed by atoms with van der Waals surface area (Å²) >= 11 is 0. The number of nitrogens with one attached hydrogen (secondary N) is 1. The molecule has 1 aliphatic heterocycles. The van der Waals surface area contributed by atoms with Crippen molar-refractivity contribution in [3.63, 3.8) is 0 Å². The number of ether oxygens (including phenoxy) is 1. The Balaban J connectivity index is 1.56. The quantitative estimate of drug-likeness (QED) is 0.749.